The molecule has 162 valence electrons. The summed E-state index contributed by atoms with van der Waals surface area (Å²) in [5.41, 5.74) is 2.55. The third-order valence-corrected chi connectivity index (χ3v) is 5.30. The third kappa shape index (κ3) is 7.42. The summed E-state index contributed by atoms with van der Waals surface area (Å²) in [4.78, 5) is 22.9. The van der Waals surface area contributed by atoms with Gasteiger partial charge < -0.3 is 19.9 Å². The first-order chi connectivity index (χ1) is 13.7. The van der Waals surface area contributed by atoms with Gasteiger partial charge in [0.05, 0.1) is 19.8 Å². The molecule has 0 spiro atoms. The number of hydrogen-bond acceptors (Lipinski definition) is 4. The molecule has 0 radical (unpaired) electrons. The van der Waals surface area contributed by atoms with Crippen molar-refractivity contribution in [1.29, 1.82) is 0 Å². The van der Waals surface area contributed by atoms with Gasteiger partial charge in [0.25, 0.3) is 0 Å². The first-order valence-electron chi connectivity index (χ1n) is 10.3. The molecule has 2 aliphatic heterocycles. The van der Waals surface area contributed by atoms with Crippen molar-refractivity contribution < 1.29 is 9.53 Å². The van der Waals surface area contributed by atoms with Gasteiger partial charge in [-0.1, -0.05) is 24.3 Å². The zero-order valence-corrected chi connectivity index (χ0v) is 19.9. The van der Waals surface area contributed by atoms with Crippen LogP contribution >= 0.6 is 24.0 Å². The van der Waals surface area contributed by atoms with Crippen LogP contribution in [0.3, 0.4) is 0 Å². The smallest absolute Gasteiger partial charge is 0.219 e. The topological polar surface area (TPSA) is 60.4 Å². The molecule has 1 aromatic rings. The van der Waals surface area contributed by atoms with Gasteiger partial charge in [-0.05, 0) is 18.1 Å². The Morgan fingerprint density at radius 2 is 1.59 bits per heavy atom. The van der Waals surface area contributed by atoms with E-state index in [1.165, 1.54) is 11.1 Å². The van der Waals surface area contributed by atoms with Gasteiger partial charge in [-0.2, -0.15) is 0 Å². The van der Waals surface area contributed by atoms with Gasteiger partial charge >= 0.3 is 0 Å². The molecule has 0 unspecified atom stereocenters. The number of amides is 1. The van der Waals surface area contributed by atoms with Crippen LogP contribution in [-0.4, -0.2) is 85.6 Å². The molecule has 0 bridgehead atoms. The second kappa shape index (κ2) is 12.3. The number of carbonyl (C=O) groups excluding carboxylic acids is 1. The van der Waals surface area contributed by atoms with Crippen molar-refractivity contribution in [3.8, 4) is 0 Å². The van der Waals surface area contributed by atoms with Gasteiger partial charge in [0, 0.05) is 59.3 Å². The first-order valence-corrected chi connectivity index (χ1v) is 10.3. The summed E-state index contributed by atoms with van der Waals surface area (Å²) in [6.45, 7) is 13.1. The van der Waals surface area contributed by atoms with Gasteiger partial charge in [-0.25, -0.2) is 4.99 Å². The highest BCUT2D eigenvalue weighted by molar-refractivity contribution is 14.0. The van der Waals surface area contributed by atoms with Crippen molar-refractivity contribution in [2.75, 3.05) is 59.0 Å². The van der Waals surface area contributed by atoms with Gasteiger partial charge in [-0.3, -0.25) is 9.69 Å². The summed E-state index contributed by atoms with van der Waals surface area (Å²) in [6, 6.07) is 8.77. The van der Waals surface area contributed by atoms with Gasteiger partial charge in [-0.15, -0.1) is 24.0 Å². The van der Waals surface area contributed by atoms with Crippen molar-refractivity contribution in [3.63, 3.8) is 0 Å². The van der Waals surface area contributed by atoms with E-state index in [1.807, 2.05) is 4.90 Å². The Hall–Kier alpha value is -1.39. The summed E-state index contributed by atoms with van der Waals surface area (Å²) in [7, 11) is 0. The molecule has 1 amide bonds. The first kappa shape index (κ1) is 23.9. The van der Waals surface area contributed by atoms with E-state index in [0.29, 0.717) is 6.54 Å². The molecule has 0 atom stereocenters. The summed E-state index contributed by atoms with van der Waals surface area (Å²) >= 11 is 0. The minimum absolute atomic E-state index is 0. The molecule has 8 heteroatoms. The molecular formula is C21H34IN5O2. The molecule has 7 nitrogen and oxygen atoms in total. The highest BCUT2D eigenvalue weighted by Crippen LogP contribution is 2.11. The largest absolute Gasteiger partial charge is 0.379 e. The molecule has 2 aliphatic rings. The lowest BCUT2D eigenvalue weighted by molar-refractivity contribution is -0.130. The predicted molar refractivity (Wildman–Crippen MR) is 127 cm³/mol. The number of nitrogens with zero attached hydrogens (tertiary/aromatic N) is 4. The quantitative estimate of drug-likeness (QED) is 0.368. The lowest BCUT2D eigenvalue weighted by Crippen LogP contribution is -2.53. The summed E-state index contributed by atoms with van der Waals surface area (Å²) in [6.07, 6.45) is 0. The number of guanidine groups is 1. The fraction of sp³-hybridized carbons (Fsp3) is 0.619. The maximum Gasteiger partial charge on any atom is 0.219 e. The van der Waals surface area contributed by atoms with E-state index >= 15 is 0 Å². The maximum atomic E-state index is 11.5. The predicted octanol–water partition coefficient (Wildman–Crippen LogP) is 1.77. The Kier molecular flexibility index (Phi) is 10.2. The zero-order valence-electron chi connectivity index (χ0n) is 17.6. The Labute approximate surface area is 191 Å². The number of benzene rings is 1. The number of hydrogen-bond donors (Lipinski definition) is 1. The van der Waals surface area contributed by atoms with Gasteiger partial charge in [0.15, 0.2) is 5.96 Å². The van der Waals surface area contributed by atoms with Crippen molar-refractivity contribution in [2.45, 2.75) is 26.9 Å². The molecule has 3 rings (SSSR count). The number of nitrogens with one attached hydrogen (secondary N) is 1. The van der Waals surface area contributed by atoms with Crippen molar-refractivity contribution in [1.82, 2.24) is 20.0 Å². The average Bonchev–Trinajstić information content (AvgIpc) is 2.73. The minimum atomic E-state index is 0. The second-order valence-electron chi connectivity index (χ2n) is 7.37. The monoisotopic (exact) mass is 515 g/mol. The van der Waals surface area contributed by atoms with E-state index in [1.54, 1.807) is 6.92 Å². The van der Waals surface area contributed by atoms with Gasteiger partial charge in [0.2, 0.25) is 5.91 Å². The van der Waals surface area contributed by atoms with E-state index in [9.17, 15) is 4.79 Å². The van der Waals surface area contributed by atoms with Crippen LogP contribution in [0.1, 0.15) is 25.0 Å². The minimum Gasteiger partial charge on any atom is -0.379 e. The van der Waals surface area contributed by atoms with Crippen LogP contribution in [-0.2, 0) is 22.6 Å². The number of halogens is 1. The van der Waals surface area contributed by atoms with E-state index < -0.39 is 0 Å². The normalized spacial score (nSPS) is 18.3. The fourth-order valence-electron chi connectivity index (χ4n) is 3.59. The standard InChI is InChI=1S/C21H33N5O2.HI/c1-3-22-21(26-10-8-25(9-11-26)18(2)27)23-16-19-4-6-20(7-5-19)17-24-12-14-28-15-13-24;/h4-7H,3,8-17H2,1-2H3,(H,22,23);1H. The van der Waals surface area contributed by atoms with Crippen LogP contribution in [0.5, 0.6) is 0 Å². The maximum absolute atomic E-state index is 11.5. The molecule has 2 fully saturated rings. The highest BCUT2D eigenvalue weighted by Gasteiger charge is 2.20. The fourth-order valence-corrected chi connectivity index (χ4v) is 3.59. The molecule has 1 aromatic carbocycles. The van der Waals surface area contributed by atoms with Crippen LogP contribution in [0.25, 0.3) is 0 Å². The number of carbonyl (C=O) groups is 1. The molecule has 0 aliphatic carbocycles. The number of piperazine rings is 1. The SMILES string of the molecule is CCNC(=NCc1ccc(CN2CCOCC2)cc1)N1CCN(C(C)=O)CC1.I. The molecule has 0 aromatic heterocycles. The van der Waals surface area contributed by atoms with Crippen molar-refractivity contribution in [3.05, 3.63) is 35.4 Å². The molecule has 2 saturated heterocycles. The summed E-state index contributed by atoms with van der Waals surface area (Å²) in [5.74, 6) is 1.09. The number of aliphatic imine (C=N–C) groups is 1. The van der Waals surface area contributed by atoms with E-state index in [-0.39, 0.29) is 29.9 Å². The lowest BCUT2D eigenvalue weighted by atomic mass is 10.1. The molecule has 29 heavy (non-hydrogen) atoms. The number of ether oxygens (including phenoxy) is 1. The Morgan fingerprint density at radius 3 is 2.17 bits per heavy atom. The van der Waals surface area contributed by atoms with Gasteiger partial charge in [0.1, 0.15) is 0 Å². The van der Waals surface area contributed by atoms with Crippen molar-refractivity contribution in [2.24, 2.45) is 4.99 Å². The average molecular weight is 515 g/mol. The van der Waals surface area contributed by atoms with E-state index in [2.05, 4.69) is 46.3 Å². The van der Waals surface area contributed by atoms with Crippen LogP contribution in [0, 0.1) is 0 Å². The van der Waals surface area contributed by atoms with Crippen LogP contribution in [0.4, 0.5) is 0 Å². The molecule has 2 heterocycles. The van der Waals surface area contributed by atoms with E-state index in [4.69, 9.17) is 9.73 Å². The van der Waals surface area contributed by atoms with Crippen molar-refractivity contribution >= 4 is 35.8 Å². The van der Waals surface area contributed by atoms with Crippen LogP contribution < -0.4 is 5.32 Å². The Balaban J connectivity index is 0.00000300. The zero-order chi connectivity index (χ0) is 19.8. The van der Waals surface area contributed by atoms with Crippen LogP contribution in [0.2, 0.25) is 0 Å². The number of rotatable bonds is 5. The molecule has 0 saturated carbocycles. The molecule has 1 N–H and O–H groups in total. The van der Waals surface area contributed by atoms with E-state index in [0.717, 1.165) is 71.5 Å². The number of morpholine rings is 1. The van der Waals surface area contributed by atoms with Crippen LogP contribution in [0.15, 0.2) is 29.3 Å². The molecular weight excluding hydrogens is 481 g/mol. The Bertz CT molecular complexity index is 654. The summed E-state index contributed by atoms with van der Waals surface area (Å²) < 4.78 is 5.41. The summed E-state index contributed by atoms with van der Waals surface area (Å²) in [5, 5.41) is 3.39. The second-order valence-corrected chi connectivity index (χ2v) is 7.37. The Morgan fingerprint density at radius 1 is 1.00 bits per heavy atom. The third-order valence-electron chi connectivity index (χ3n) is 5.30. The lowest BCUT2D eigenvalue weighted by Gasteiger charge is -2.36. The highest BCUT2D eigenvalue weighted by atomic mass is 127.